The van der Waals surface area contributed by atoms with Crippen molar-refractivity contribution in [3.8, 4) is 5.75 Å². The van der Waals surface area contributed by atoms with Gasteiger partial charge in [-0.3, -0.25) is 4.79 Å². The molecule has 1 amide bonds. The summed E-state index contributed by atoms with van der Waals surface area (Å²) in [5.74, 6) is 1.33. The van der Waals surface area contributed by atoms with Gasteiger partial charge < -0.3 is 24.2 Å². The average Bonchev–Trinajstić information content (AvgIpc) is 3.38. The molecule has 0 spiro atoms. The van der Waals surface area contributed by atoms with Crippen molar-refractivity contribution in [3.05, 3.63) is 36.1 Å². The second-order valence-corrected chi connectivity index (χ2v) is 10.8. The van der Waals surface area contributed by atoms with Crippen LogP contribution in [0.3, 0.4) is 0 Å². The number of benzene rings is 1. The maximum Gasteiger partial charge on any atom is 0.288 e. The van der Waals surface area contributed by atoms with Crippen molar-refractivity contribution in [2.24, 2.45) is 11.8 Å². The normalized spacial score (nSPS) is 21.3. The first kappa shape index (κ1) is 26.5. The van der Waals surface area contributed by atoms with Gasteiger partial charge in [0.2, 0.25) is 16.3 Å². The van der Waals surface area contributed by atoms with E-state index in [0.717, 1.165) is 12.8 Å². The first-order valence-electron chi connectivity index (χ1n) is 11.7. The number of methoxy groups -OCH3 is 1. The standard InChI is InChI=1S/C24H36N2O7S/c1-25(2)24(28)22-16-19(18-6-4-5-7-18)17-23(33-22)32-15-13-26(12-14-27)34(29,30)21-10-8-20(31-3)9-11-21/h8-11,16,18-19,23,27H,4-7,12-15,17H2,1-3H3/t19-,23+/m0/s1. The van der Waals surface area contributed by atoms with Crippen molar-refractivity contribution in [3.63, 3.8) is 0 Å². The van der Waals surface area contributed by atoms with Gasteiger partial charge in [-0.25, -0.2) is 8.42 Å². The SMILES string of the molecule is COc1ccc(S(=O)(=O)N(CCO)CCO[C@H]2C[C@@H](C3CCCC3)C=C(C(=O)N(C)C)O2)cc1. The van der Waals surface area contributed by atoms with Crippen LogP contribution >= 0.6 is 0 Å². The zero-order valence-corrected chi connectivity index (χ0v) is 21.0. The quantitative estimate of drug-likeness (QED) is 0.501. The molecule has 34 heavy (non-hydrogen) atoms. The van der Waals surface area contributed by atoms with Crippen LogP contribution in [0.5, 0.6) is 5.75 Å². The summed E-state index contributed by atoms with van der Waals surface area (Å²) in [6, 6.07) is 6.10. The zero-order valence-electron chi connectivity index (χ0n) is 20.2. The molecule has 1 aromatic rings. The minimum atomic E-state index is -3.83. The molecule has 1 N–H and O–H groups in total. The van der Waals surface area contributed by atoms with Crippen molar-refractivity contribution in [2.45, 2.75) is 43.3 Å². The van der Waals surface area contributed by atoms with Crippen LogP contribution in [-0.2, 0) is 24.3 Å². The summed E-state index contributed by atoms with van der Waals surface area (Å²) in [7, 11) is 1.04. The number of hydrogen-bond donors (Lipinski definition) is 1. The van der Waals surface area contributed by atoms with Crippen molar-refractivity contribution >= 4 is 15.9 Å². The number of likely N-dealkylation sites (N-methyl/N-ethyl adjacent to an activating group) is 1. The molecule has 9 nitrogen and oxygen atoms in total. The Morgan fingerprint density at radius 2 is 1.82 bits per heavy atom. The van der Waals surface area contributed by atoms with Crippen LogP contribution in [0.15, 0.2) is 41.0 Å². The highest BCUT2D eigenvalue weighted by Crippen LogP contribution is 2.38. The van der Waals surface area contributed by atoms with Crippen LogP contribution in [0.2, 0.25) is 0 Å². The van der Waals surface area contributed by atoms with Crippen molar-refractivity contribution < 1.29 is 32.5 Å². The summed E-state index contributed by atoms with van der Waals surface area (Å²) < 4.78 is 44.2. The van der Waals surface area contributed by atoms with E-state index in [9.17, 15) is 18.3 Å². The molecule has 0 bridgehead atoms. The summed E-state index contributed by atoms with van der Waals surface area (Å²) in [5.41, 5.74) is 0. The van der Waals surface area contributed by atoms with Crippen LogP contribution in [-0.4, -0.2) is 82.4 Å². The molecule has 190 valence electrons. The van der Waals surface area contributed by atoms with Gasteiger partial charge in [-0.1, -0.05) is 12.8 Å². The van der Waals surface area contributed by atoms with Crippen LogP contribution in [0.4, 0.5) is 0 Å². The summed E-state index contributed by atoms with van der Waals surface area (Å²) in [5, 5.41) is 9.44. The number of rotatable bonds is 11. The summed E-state index contributed by atoms with van der Waals surface area (Å²) >= 11 is 0. The third-order valence-corrected chi connectivity index (χ3v) is 8.31. The summed E-state index contributed by atoms with van der Waals surface area (Å²) in [6.45, 7) is -0.258. The monoisotopic (exact) mass is 496 g/mol. The third kappa shape index (κ3) is 6.50. The Hall–Kier alpha value is -2.14. The lowest BCUT2D eigenvalue weighted by molar-refractivity contribution is -0.155. The minimum Gasteiger partial charge on any atom is -0.497 e. The zero-order chi connectivity index (χ0) is 24.7. The average molecular weight is 497 g/mol. The Bertz CT molecular complexity index is 941. The number of nitrogens with zero attached hydrogens (tertiary/aromatic N) is 2. The van der Waals surface area contributed by atoms with E-state index in [1.807, 2.05) is 6.08 Å². The maximum atomic E-state index is 13.1. The van der Waals surface area contributed by atoms with Gasteiger partial charge in [-0.2, -0.15) is 4.31 Å². The fraction of sp³-hybridized carbons (Fsp3) is 0.625. The van der Waals surface area contributed by atoms with Crippen LogP contribution in [0.1, 0.15) is 32.1 Å². The predicted molar refractivity (Wildman–Crippen MR) is 127 cm³/mol. The Balaban J connectivity index is 1.65. The van der Waals surface area contributed by atoms with E-state index in [1.165, 1.54) is 41.3 Å². The number of ether oxygens (including phenoxy) is 3. The lowest BCUT2D eigenvalue weighted by atomic mass is 9.86. The Morgan fingerprint density at radius 3 is 2.41 bits per heavy atom. The van der Waals surface area contributed by atoms with Crippen molar-refractivity contribution in [1.82, 2.24) is 9.21 Å². The van der Waals surface area contributed by atoms with E-state index < -0.39 is 16.3 Å². The molecular formula is C24H36N2O7S. The van der Waals surface area contributed by atoms with Gasteiger partial charge in [0.1, 0.15) is 5.75 Å². The Kier molecular flexibility index (Phi) is 9.35. The number of hydrogen-bond acceptors (Lipinski definition) is 7. The smallest absolute Gasteiger partial charge is 0.288 e. The van der Waals surface area contributed by atoms with E-state index in [2.05, 4.69) is 0 Å². The molecule has 1 aromatic carbocycles. The van der Waals surface area contributed by atoms with E-state index in [1.54, 1.807) is 26.2 Å². The van der Waals surface area contributed by atoms with E-state index >= 15 is 0 Å². The number of amides is 1. The minimum absolute atomic E-state index is 0.0452. The molecule has 0 radical (unpaired) electrons. The van der Waals surface area contributed by atoms with Gasteiger partial charge >= 0.3 is 0 Å². The highest BCUT2D eigenvalue weighted by Gasteiger charge is 2.34. The first-order valence-corrected chi connectivity index (χ1v) is 13.2. The van der Waals surface area contributed by atoms with Gasteiger partial charge in [0, 0.05) is 33.6 Å². The van der Waals surface area contributed by atoms with Crippen LogP contribution < -0.4 is 4.74 Å². The molecular weight excluding hydrogens is 460 g/mol. The van der Waals surface area contributed by atoms with Gasteiger partial charge in [-0.05, 0) is 55.0 Å². The topological polar surface area (TPSA) is 106 Å². The Morgan fingerprint density at radius 1 is 1.15 bits per heavy atom. The Labute approximate surface area is 202 Å². The number of carbonyl (C=O) groups is 1. The molecule has 0 saturated heterocycles. The molecule has 1 saturated carbocycles. The van der Waals surface area contributed by atoms with Gasteiger partial charge in [0.15, 0.2) is 5.76 Å². The lowest BCUT2D eigenvalue weighted by Gasteiger charge is -2.33. The number of aliphatic hydroxyl groups excluding tert-OH is 1. The number of allylic oxidation sites excluding steroid dienone is 1. The number of carbonyl (C=O) groups excluding carboxylic acids is 1. The molecule has 3 rings (SSSR count). The van der Waals surface area contributed by atoms with E-state index in [-0.39, 0.29) is 48.8 Å². The molecule has 1 aliphatic carbocycles. The molecule has 1 fully saturated rings. The van der Waals surface area contributed by atoms with Crippen molar-refractivity contribution in [2.75, 3.05) is 47.5 Å². The molecule has 2 aliphatic rings. The fourth-order valence-electron chi connectivity index (χ4n) is 4.52. The molecule has 2 atom stereocenters. The van der Waals surface area contributed by atoms with Gasteiger partial charge in [-0.15, -0.1) is 0 Å². The summed E-state index contributed by atoms with van der Waals surface area (Å²) in [6.07, 6.45) is 6.57. The molecule has 10 heteroatoms. The summed E-state index contributed by atoms with van der Waals surface area (Å²) in [4.78, 5) is 14.1. The fourth-order valence-corrected chi connectivity index (χ4v) is 5.93. The predicted octanol–water partition coefficient (Wildman–Crippen LogP) is 2.22. The lowest BCUT2D eigenvalue weighted by Crippen LogP contribution is -2.38. The molecule has 0 unspecified atom stereocenters. The van der Waals surface area contributed by atoms with Crippen molar-refractivity contribution in [1.29, 1.82) is 0 Å². The first-order chi connectivity index (χ1) is 16.3. The van der Waals surface area contributed by atoms with E-state index in [0.29, 0.717) is 18.1 Å². The number of aliphatic hydroxyl groups is 1. The number of sulfonamides is 1. The van der Waals surface area contributed by atoms with Crippen LogP contribution in [0, 0.1) is 11.8 Å². The largest absolute Gasteiger partial charge is 0.497 e. The maximum absolute atomic E-state index is 13.1. The van der Waals surface area contributed by atoms with Crippen LogP contribution in [0.25, 0.3) is 0 Å². The third-order valence-electron chi connectivity index (χ3n) is 6.40. The second kappa shape index (κ2) is 12.0. The molecule has 1 aliphatic heterocycles. The van der Waals surface area contributed by atoms with E-state index in [4.69, 9.17) is 14.2 Å². The van der Waals surface area contributed by atoms with Gasteiger partial charge in [0.25, 0.3) is 5.91 Å². The highest BCUT2D eigenvalue weighted by molar-refractivity contribution is 7.89. The van der Waals surface area contributed by atoms with Gasteiger partial charge in [0.05, 0.1) is 25.2 Å². The second-order valence-electron chi connectivity index (χ2n) is 8.90. The molecule has 1 heterocycles. The highest BCUT2D eigenvalue weighted by atomic mass is 32.2. The molecule has 0 aromatic heterocycles.